The average Bonchev–Trinajstić information content (AvgIpc) is 2.62. The first-order valence-corrected chi connectivity index (χ1v) is 6.17. The fourth-order valence-corrected chi connectivity index (χ4v) is 2.38. The second kappa shape index (κ2) is 4.87. The zero-order valence-corrected chi connectivity index (χ0v) is 10.4. The highest BCUT2D eigenvalue weighted by Crippen LogP contribution is 2.37. The number of thiophene rings is 1. The van der Waals surface area contributed by atoms with E-state index in [-0.39, 0.29) is 0 Å². The normalized spacial score (nSPS) is 10.4. The standard InChI is InChI=1S/C12H12ClNOS/c1-8-7-16-12(11(8)13)15-10-4-2-9(6-14)3-5-10/h2-5,7H,6,14H2,1H3. The minimum Gasteiger partial charge on any atom is -0.445 e. The predicted octanol–water partition coefficient (Wildman–Crippen LogP) is 3.96. The van der Waals surface area contributed by atoms with Gasteiger partial charge in [-0.2, -0.15) is 0 Å². The maximum atomic E-state index is 6.08. The van der Waals surface area contributed by atoms with Crippen molar-refractivity contribution in [2.75, 3.05) is 0 Å². The van der Waals surface area contributed by atoms with E-state index in [1.807, 2.05) is 36.6 Å². The van der Waals surface area contributed by atoms with Gasteiger partial charge in [0.05, 0.1) is 5.02 Å². The van der Waals surface area contributed by atoms with E-state index in [0.717, 1.165) is 21.9 Å². The van der Waals surface area contributed by atoms with Crippen molar-refractivity contribution in [1.82, 2.24) is 0 Å². The number of nitrogens with two attached hydrogens (primary N) is 1. The Bertz CT molecular complexity index is 478. The summed E-state index contributed by atoms with van der Waals surface area (Å²) in [7, 11) is 0. The van der Waals surface area contributed by atoms with Crippen LogP contribution in [0.4, 0.5) is 0 Å². The smallest absolute Gasteiger partial charge is 0.199 e. The Hall–Kier alpha value is -1.03. The molecule has 4 heteroatoms. The van der Waals surface area contributed by atoms with Crippen molar-refractivity contribution < 1.29 is 4.74 Å². The molecule has 0 aliphatic heterocycles. The highest BCUT2D eigenvalue weighted by molar-refractivity contribution is 7.12. The Labute approximate surface area is 104 Å². The SMILES string of the molecule is Cc1csc(Oc2ccc(CN)cc2)c1Cl. The van der Waals surface area contributed by atoms with Crippen LogP contribution in [0.2, 0.25) is 5.02 Å². The van der Waals surface area contributed by atoms with Crippen molar-refractivity contribution in [3.63, 3.8) is 0 Å². The van der Waals surface area contributed by atoms with E-state index in [1.165, 1.54) is 11.3 Å². The van der Waals surface area contributed by atoms with Crippen LogP contribution in [0.15, 0.2) is 29.6 Å². The molecule has 2 aromatic rings. The lowest BCUT2D eigenvalue weighted by Gasteiger charge is -2.04. The van der Waals surface area contributed by atoms with E-state index in [9.17, 15) is 0 Å². The molecule has 0 amide bonds. The van der Waals surface area contributed by atoms with Crippen molar-refractivity contribution in [3.8, 4) is 10.8 Å². The third-order valence-corrected chi connectivity index (χ3v) is 3.79. The first kappa shape index (κ1) is 11.5. The summed E-state index contributed by atoms with van der Waals surface area (Å²) in [6.45, 7) is 2.50. The van der Waals surface area contributed by atoms with Crippen molar-refractivity contribution >= 4 is 22.9 Å². The molecule has 0 unspecified atom stereocenters. The number of rotatable bonds is 3. The van der Waals surface area contributed by atoms with Crippen molar-refractivity contribution in [2.24, 2.45) is 5.73 Å². The molecule has 2 nitrogen and oxygen atoms in total. The minimum absolute atomic E-state index is 0.541. The van der Waals surface area contributed by atoms with Crippen LogP contribution in [0, 0.1) is 6.92 Å². The Morgan fingerprint density at radius 2 is 2.00 bits per heavy atom. The van der Waals surface area contributed by atoms with Gasteiger partial charge in [-0.3, -0.25) is 0 Å². The summed E-state index contributed by atoms with van der Waals surface area (Å²) in [6, 6.07) is 7.69. The highest BCUT2D eigenvalue weighted by atomic mass is 35.5. The fourth-order valence-electron chi connectivity index (χ4n) is 1.28. The molecule has 0 saturated heterocycles. The first-order valence-electron chi connectivity index (χ1n) is 4.91. The number of benzene rings is 1. The Balaban J connectivity index is 2.17. The summed E-state index contributed by atoms with van der Waals surface area (Å²) in [6.07, 6.45) is 0. The summed E-state index contributed by atoms with van der Waals surface area (Å²) in [5.74, 6) is 0.779. The molecule has 0 saturated carbocycles. The van der Waals surface area contributed by atoms with Gasteiger partial charge in [-0.1, -0.05) is 23.7 Å². The molecule has 0 aliphatic carbocycles. The molecule has 0 spiro atoms. The molecule has 1 aromatic carbocycles. The van der Waals surface area contributed by atoms with Gasteiger partial charge in [-0.05, 0) is 35.6 Å². The van der Waals surface area contributed by atoms with Crippen LogP contribution in [0.3, 0.4) is 0 Å². The third-order valence-electron chi connectivity index (χ3n) is 2.24. The third kappa shape index (κ3) is 2.38. The molecule has 0 bridgehead atoms. The van der Waals surface area contributed by atoms with Crippen LogP contribution >= 0.6 is 22.9 Å². The van der Waals surface area contributed by atoms with Crippen molar-refractivity contribution in [3.05, 3.63) is 45.8 Å². The quantitative estimate of drug-likeness (QED) is 0.899. The van der Waals surface area contributed by atoms with Gasteiger partial charge in [0.1, 0.15) is 5.75 Å². The summed E-state index contributed by atoms with van der Waals surface area (Å²) in [4.78, 5) is 0. The average molecular weight is 254 g/mol. The lowest BCUT2D eigenvalue weighted by Crippen LogP contribution is -1.95. The van der Waals surface area contributed by atoms with Gasteiger partial charge < -0.3 is 10.5 Å². The Morgan fingerprint density at radius 3 is 2.50 bits per heavy atom. The van der Waals surface area contributed by atoms with Crippen LogP contribution in [0.1, 0.15) is 11.1 Å². The first-order chi connectivity index (χ1) is 7.70. The van der Waals surface area contributed by atoms with E-state index in [1.54, 1.807) is 0 Å². The lowest BCUT2D eigenvalue weighted by molar-refractivity contribution is 0.496. The van der Waals surface area contributed by atoms with Crippen LogP contribution < -0.4 is 10.5 Å². The number of hydrogen-bond donors (Lipinski definition) is 1. The maximum absolute atomic E-state index is 6.08. The number of halogens is 1. The maximum Gasteiger partial charge on any atom is 0.199 e. The molecule has 1 aromatic heterocycles. The van der Waals surface area contributed by atoms with Gasteiger partial charge in [0.25, 0.3) is 0 Å². The zero-order valence-electron chi connectivity index (χ0n) is 8.87. The van der Waals surface area contributed by atoms with Crippen LogP contribution in [0.25, 0.3) is 0 Å². The zero-order chi connectivity index (χ0) is 11.5. The monoisotopic (exact) mass is 253 g/mol. The largest absolute Gasteiger partial charge is 0.445 e. The second-order valence-corrected chi connectivity index (χ2v) is 4.69. The van der Waals surface area contributed by atoms with E-state index in [0.29, 0.717) is 11.6 Å². The van der Waals surface area contributed by atoms with Gasteiger partial charge in [0.15, 0.2) is 5.06 Å². The van der Waals surface area contributed by atoms with Gasteiger partial charge in [-0.15, -0.1) is 11.3 Å². The Morgan fingerprint density at radius 1 is 1.31 bits per heavy atom. The summed E-state index contributed by atoms with van der Waals surface area (Å²) in [5.41, 5.74) is 7.65. The van der Waals surface area contributed by atoms with Crippen molar-refractivity contribution in [1.29, 1.82) is 0 Å². The molecule has 0 fully saturated rings. The lowest BCUT2D eigenvalue weighted by atomic mass is 10.2. The predicted molar refractivity (Wildman–Crippen MR) is 68.5 cm³/mol. The van der Waals surface area contributed by atoms with E-state index in [4.69, 9.17) is 22.1 Å². The van der Waals surface area contributed by atoms with Gasteiger partial charge in [0.2, 0.25) is 0 Å². The van der Waals surface area contributed by atoms with E-state index >= 15 is 0 Å². The van der Waals surface area contributed by atoms with Gasteiger partial charge in [-0.25, -0.2) is 0 Å². The molecule has 0 aliphatic rings. The summed E-state index contributed by atoms with van der Waals surface area (Å²) < 4.78 is 5.68. The van der Waals surface area contributed by atoms with Crippen LogP contribution in [-0.4, -0.2) is 0 Å². The molecule has 2 N–H and O–H groups in total. The topological polar surface area (TPSA) is 35.2 Å². The number of ether oxygens (including phenoxy) is 1. The minimum atomic E-state index is 0.541. The molecule has 2 rings (SSSR count). The van der Waals surface area contributed by atoms with Crippen molar-refractivity contribution in [2.45, 2.75) is 13.5 Å². The molecular formula is C12H12ClNOS. The van der Waals surface area contributed by atoms with Crippen LogP contribution in [-0.2, 0) is 6.54 Å². The molecule has 0 atom stereocenters. The second-order valence-electron chi connectivity index (χ2n) is 3.47. The molecule has 1 heterocycles. The van der Waals surface area contributed by atoms with Gasteiger partial charge in [0, 0.05) is 6.54 Å². The Kier molecular flexibility index (Phi) is 3.49. The van der Waals surface area contributed by atoms with E-state index < -0.39 is 0 Å². The summed E-state index contributed by atoms with van der Waals surface area (Å²) in [5, 5.41) is 3.40. The molecule has 16 heavy (non-hydrogen) atoms. The van der Waals surface area contributed by atoms with E-state index in [2.05, 4.69) is 0 Å². The number of hydrogen-bond acceptors (Lipinski definition) is 3. The van der Waals surface area contributed by atoms with Crippen LogP contribution in [0.5, 0.6) is 10.8 Å². The summed E-state index contributed by atoms with van der Waals surface area (Å²) >= 11 is 7.58. The molecule has 0 radical (unpaired) electrons. The molecule has 84 valence electrons. The molecular weight excluding hydrogens is 242 g/mol. The fraction of sp³-hybridized carbons (Fsp3) is 0.167. The van der Waals surface area contributed by atoms with Gasteiger partial charge >= 0.3 is 0 Å². The highest BCUT2D eigenvalue weighted by Gasteiger charge is 2.08. The number of aryl methyl sites for hydroxylation is 1.